The molecule has 0 saturated carbocycles. The quantitative estimate of drug-likeness (QED) is 0.810. The average molecular weight is 289 g/mol. The molecule has 1 aromatic carbocycles. The van der Waals surface area contributed by atoms with Crippen LogP contribution in [0.25, 0.3) is 10.8 Å². The van der Waals surface area contributed by atoms with Crippen LogP contribution in [0.3, 0.4) is 0 Å². The number of piperazine rings is 1. The number of fused-ring (bicyclic) bond motifs is 1. The molecule has 4 nitrogen and oxygen atoms in total. The maximum absolute atomic E-state index is 5.35. The standard InChI is InChI=1S/C15H19N3OS/c1-17-8-10-18(11-9-17)20-14-5-3-4-13-12(14)6-7-16-15(13)19-2/h3-7H,8-11H2,1-2H3. The number of ether oxygens (including phenoxy) is 1. The van der Waals surface area contributed by atoms with Crippen LogP contribution in [0.15, 0.2) is 35.4 Å². The molecule has 5 heteroatoms. The minimum absolute atomic E-state index is 0.698. The minimum atomic E-state index is 0.698. The number of rotatable bonds is 3. The topological polar surface area (TPSA) is 28.6 Å². The van der Waals surface area contributed by atoms with Crippen molar-refractivity contribution in [3.05, 3.63) is 30.5 Å². The van der Waals surface area contributed by atoms with Crippen molar-refractivity contribution in [3.8, 4) is 5.88 Å². The van der Waals surface area contributed by atoms with Gasteiger partial charge in [-0.3, -0.25) is 0 Å². The van der Waals surface area contributed by atoms with Crippen LogP contribution in [0, 0.1) is 0 Å². The van der Waals surface area contributed by atoms with E-state index in [-0.39, 0.29) is 0 Å². The Bertz CT molecular complexity index is 597. The van der Waals surface area contributed by atoms with Crippen LogP contribution in [0.4, 0.5) is 0 Å². The highest BCUT2D eigenvalue weighted by molar-refractivity contribution is 7.97. The first-order valence-corrected chi connectivity index (χ1v) is 7.58. The zero-order chi connectivity index (χ0) is 13.9. The minimum Gasteiger partial charge on any atom is -0.481 e. The summed E-state index contributed by atoms with van der Waals surface area (Å²) >= 11 is 1.84. The van der Waals surface area contributed by atoms with E-state index in [1.54, 1.807) is 7.11 Å². The largest absolute Gasteiger partial charge is 0.481 e. The van der Waals surface area contributed by atoms with Crippen LogP contribution in [0.1, 0.15) is 0 Å². The Morgan fingerprint density at radius 3 is 2.65 bits per heavy atom. The van der Waals surface area contributed by atoms with Crippen molar-refractivity contribution in [2.45, 2.75) is 4.90 Å². The molecule has 0 spiro atoms. The number of nitrogens with zero attached hydrogens (tertiary/aromatic N) is 3. The van der Waals surface area contributed by atoms with Crippen LogP contribution in [0.5, 0.6) is 5.88 Å². The first-order valence-electron chi connectivity index (χ1n) is 6.81. The van der Waals surface area contributed by atoms with Crippen molar-refractivity contribution in [3.63, 3.8) is 0 Å². The van der Waals surface area contributed by atoms with E-state index in [1.807, 2.05) is 18.1 Å². The molecular weight excluding hydrogens is 270 g/mol. The van der Waals surface area contributed by atoms with Gasteiger partial charge in [0.05, 0.1) is 7.11 Å². The summed E-state index contributed by atoms with van der Waals surface area (Å²) in [5.41, 5.74) is 0. The van der Waals surface area contributed by atoms with E-state index in [1.165, 1.54) is 10.3 Å². The van der Waals surface area contributed by atoms with Gasteiger partial charge in [0, 0.05) is 48.0 Å². The lowest BCUT2D eigenvalue weighted by Crippen LogP contribution is -2.40. The number of hydrogen-bond donors (Lipinski definition) is 0. The molecule has 2 heterocycles. The summed E-state index contributed by atoms with van der Waals surface area (Å²) < 4.78 is 7.78. The van der Waals surface area contributed by atoms with Crippen molar-refractivity contribution in [2.75, 3.05) is 40.3 Å². The van der Waals surface area contributed by atoms with Crippen LogP contribution < -0.4 is 4.74 Å². The van der Waals surface area contributed by atoms with Crippen molar-refractivity contribution in [2.24, 2.45) is 0 Å². The highest BCUT2D eigenvalue weighted by Gasteiger charge is 2.16. The highest BCUT2D eigenvalue weighted by Crippen LogP contribution is 2.33. The molecule has 0 atom stereocenters. The summed E-state index contributed by atoms with van der Waals surface area (Å²) in [6.45, 7) is 4.45. The maximum atomic E-state index is 5.35. The molecule has 0 bridgehead atoms. The van der Waals surface area contributed by atoms with Crippen LogP contribution >= 0.6 is 11.9 Å². The number of methoxy groups -OCH3 is 1. The summed E-state index contributed by atoms with van der Waals surface area (Å²) in [4.78, 5) is 7.91. The van der Waals surface area contributed by atoms with E-state index in [2.05, 4.69) is 45.5 Å². The average Bonchev–Trinajstić information content (AvgIpc) is 2.49. The van der Waals surface area contributed by atoms with Crippen molar-refractivity contribution >= 4 is 22.7 Å². The zero-order valence-corrected chi connectivity index (χ0v) is 12.7. The monoisotopic (exact) mass is 289 g/mol. The van der Waals surface area contributed by atoms with Crippen LogP contribution in [-0.4, -0.2) is 54.5 Å². The van der Waals surface area contributed by atoms with Gasteiger partial charge in [0.1, 0.15) is 0 Å². The summed E-state index contributed by atoms with van der Waals surface area (Å²) in [6.07, 6.45) is 1.81. The van der Waals surface area contributed by atoms with Gasteiger partial charge in [0.25, 0.3) is 0 Å². The molecule has 1 aliphatic heterocycles. The van der Waals surface area contributed by atoms with Crippen molar-refractivity contribution in [1.29, 1.82) is 0 Å². The third kappa shape index (κ3) is 2.75. The molecule has 0 unspecified atom stereocenters. The smallest absolute Gasteiger partial charge is 0.221 e. The third-order valence-electron chi connectivity index (χ3n) is 3.61. The number of aromatic nitrogens is 1. The summed E-state index contributed by atoms with van der Waals surface area (Å²) in [5, 5.41) is 2.29. The van der Waals surface area contributed by atoms with Gasteiger partial charge in [-0.2, -0.15) is 0 Å². The van der Waals surface area contributed by atoms with Gasteiger partial charge >= 0.3 is 0 Å². The van der Waals surface area contributed by atoms with E-state index in [0.717, 1.165) is 31.6 Å². The molecule has 20 heavy (non-hydrogen) atoms. The second kappa shape index (κ2) is 5.99. The molecule has 1 saturated heterocycles. The lowest BCUT2D eigenvalue weighted by atomic mass is 10.2. The molecule has 0 N–H and O–H groups in total. The van der Waals surface area contributed by atoms with Gasteiger partial charge < -0.3 is 9.64 Å². The van der Waals surface area contributed by atoms with E-state index in [0.29, 0.717) is 5.88 Å². The SMILES string of the molecule is COc1nccc2c(SN3CCN(C)CC3)cccc12. The number of likely N-dealkylation sites (N-methyl/N-ethyl adjacent to an activating group) is 1. The number of pyridine rings is 1. The second-order valence-electron chi connectivity index (χ2n) is 5.00. The summed E-state index contributed by atoms with van der Waals surface area (Å²) in [7, 11) is 3.85. The third-order valence-corrected chi connectivity index (χ3v) is 4.79. The first-order chi connectivity index (χ1) is 9.78. The highest BCUT2D eigenvalue weighted by atomic mass is 32.2. The van der Waals surface area contributed by atoms with Crippen molar-refractivity contribution in [1.82, 2.24) is 14.2 Å². The molecule has 106 valence electrons. The number of hydrogen-bond acceptors (Lipinski definition) is 5. The van der Waals surface area contributed by atoms with Crippen LogP contribution in [-0.2, 0) is 0 Å². The Balaban J connectivity index is 1.88. The molecule has 3 rings (SSSR count). The molecule has 1 aromatic heterocycles. The Morgan fingerprint density at radius 2 is 1.90 bits per heavy atom. The maximum Gasteiger partial charge on any atom is 0.221 e. The van der Waals surface area contributed by atoms with Gasteiger partial charge in [-0.25, -0.2) is 9.29 Å². The molecule has 0 radical (unpaired) electrons. The predicted molar refractivity (Wildman–Crippen MR) is 83.2 cm³/mol. The fourth-order valence-corrected chi connectivity index (χ4v) is 3.45. The van der Waals surface area contributed by atoms with Gasteiger partial charge in [0.2, 0.25) is 5.88 Å². The fourth-order valence-electron chi connectivity index (χ4n) is 2.41. The Kier molecular flexibility index (Phi) is 4.10. The van der Waals surface area contributed by atoms with Crippen LogP contribution in [0.2, 0.25) is 0 Å². The Labute approximate surface area is 123 Å². The lowest BCUT2D eigenvalue weighted by molar-refractivity contribution is 0.233. The van der Waals surface area contributed by atoms with Crippen molar-refractivity contribution < 1.29 is 4.74 Å². The Hall–Kier alpha value is -1.30. The van der Waals surface area contributed by atoms with Gasteiger partial charge in [0.15, 0.2) is 0 Å². The molecule has 2 aromatic rings. The predicted octanol–water partition coefficient (Wildman–Crippen LogP) is 2.50. The molecule has 0 aliphatic carbocycles. The van der Waals surface area contributed by atoms with E-state index >= 15 is 0 Å². The summed E-state index contributed by atoms with van der Waals surface area (Å²) in [5.74, 6) is 0.698. The van der Waals surface area contributed by atoms with E-state index in [4.69, 9.17) is 4.74 Å². The molecule has 0 amide bonds. The summed E-state index contributed by atoms with van der Waals surface area (Å²) in [6, 6.07) is 8.38. The van der Waals surface area contributed by atoms with Gasteiger partial charge in [-0.05, 0) is 37.2 Å². The molecule has 1 aliphatic rings. The second-order valence-corrected chi connectivity index (χ2v) is 6.13. The Morgan fingerprint density at radius 1 is 1.10 bits per heavy atom. The van der Waals surface area contributed by atoms with E-state index < -0.39 is 0 Å². The normalized spacial score (nSPS) is 17.5. The molecule has 1 fully saturated rings. The van der Waals surface area contributed by atoms with Gasteiger partial charge in [-0.15, -0.1) is 0 Å². The fraction of sp³-hybridized carbons (Fsp3) is 0.400. The first kappa shape index (κ1) is 13.7. The lowest BCUT2D eigenvalue weighted by Gasteiger charge is -2.31. The number of benzene rings is 1. The zero-order valence-electron chi connectivity index (χ0n) is 11.9. The van der Waals surface area contributed by atoms with E-state index in [9.17, 15) is 0 Å². The van der Waals surface area contributed by atoms with Gasteiger partial charge in [-0.1, -0.05) is 6.07 Å². The molecular formula is C15H19N3OS.